The maximum Gasteiger partial charge on any atom is 0.335 e. The fourth-order valence-corrected chi connectivity index (χ4v) is 3.98. The molecule has 160 valence electrons. The Balaban J connectivity index is 1.62. The Bertz CT molecular complexity index is 1270. The molecule has 0 spiro atoms. The van der Waals surface area contributed by atoms with Gasteiger partial charge in [0.25, 0.3) is 11.8 Å². The molecule has 32 heavy (non-hydrogen) atoms. The summed E-state index contributed by atoms with van der Waals surface area (Å²) >= 11 is 9.37. The largest absolute Gasteiger partial charge is 0.335 e. The Morgan fingerprint density at radius 2 is 1.75 bits per heavy atom. The molecule has 0 aliphatic carbocycles. The first kappa shape index (κ1) is 21.9. The number of hydrogen-bond donors (Lipinski definition) is 1. The number of anilines is 1. The van der Waals surface area contributed by atoms with Gasteiger partial charge in [0.2, 0.25) is 0 Å². The lowest BCUT2D eigenvalue weighted by atomic mass is 10.0. The number of benzene rings is 3. The Hall–Kier alpha value is -3.29. The van der Waals surface area contributed by atoms with E-state index in [1.165, 1.54) is 30.3 Å². The van der Waals surface area contributed by atoms with Gasteiger partial charge in [0, 0.05) is 9.50 Å². The average Bonchev–Trinajstić information content (AvgIpc) is 2.74. The molecule has 4 amide bonds. The van der Waals surface area contributed by atoms with E-state index in [-0.39, 0.29) is 11.4 Å². The molecule has 0 atom stereocenters. The van der Waals surface area contributed by atoms with E-state index in [4.69, 9.17) is 11.6 Å². The molecular weight excluding hydrogens is 499 g/mol. The van der Waals surface area contributed by atoms with Crippen LogP contribution in [0.15, 0.2) is 76.8 Å². The molecule has 0 bridgehead atoms. The monoisotopic (exact) mass is 512 g/mol. The first-order chi connectivity index (χ1) is 15.3. The van der Waals surface area contributed by atoms with E-state index in [0.717, 1.165) is 20.5 Å². The van der Waals surface area contributed by atoms with Crippen LogP contribution in [0.5, 0.6) is 0 Å². The molecule has 3 aromatic carbocycles. The molecule has 1 fully saturated rings. The SMILES string of the molecule is O=C1NC(=O)N(c2ccc(Cl)cc2)C(=O)/C1=C/c1ccc(Cc2cccc(F)c2)c(Br)c1. The molecule has 0 saturated carbocycles. The summed E-state index contributed by atoms with van der Waals surface area (Å²) in [6.45, 7) is 0. The minimum atomic E-state index is -0.828. The molecule has 0 aromatic heterocycles. The molecule has 5 nitrogen and oxygen atoms in total. The van der Waals surface area contributed by atoms with Crippen LogP contribution in [-0.2, 0) is 16.0 Å². The zero-order valence-electron chi connectivity index (χ0n) is 16.4. The van der Waals surface area contributed by atoms with E-state index in [1.807, 2.05) is 12.1 Å². The van der Waals surface area contributed by atoms with Gasteiger partial charge in [-0.05, 0) is 71.7 Å². The molecule has 3 aromatic rings. The lowest BCUT2D eigenvalue weighted by Gasteiger charge is -2.26. The highest BCUT2D eigenvalue weighted by Gasteiger charge is 2.36. The lowest BCUT2D eigenvalue weighted by molar-refractivity contribution is -0.122. The van der Waals surface area contributed by atoms with Crippen LogP contribution in [0.3, 0.4) is 0 Å². The summed E-state index contributed by atoms with van der Waals surface area (Å²) in [6.07, 6.45) is 1.93. The fraction of sp³-hybridized carbons (Fsp3) is 0.0417. The van der Waals surface area contributed by atoms with Gasteiger partial charge < -0.3 is 0 Å². The van der Waals surface area contributed by atoms with Gasteiger partial charge in [-0.3, -0.25) is 14.9 Å². The maximum atomic E-state index is 13.4. The van der Waals surface area contributed by atoms with Crippen molar-refractivity contribution in [2.24, 2.45) is 0 Å². The van der Waals surface area contributed by atoms with Gasteiger partial charge in [-0.2, -0.15) is 0 Å². The van der Waals surface area contributed by atoms with Crippen molar-refractivity contribution in [2.75, 3.05) is 4.90 Å². The predicted molar refractivity (Wildman–Crippen MR) is 124 cm³/mol. The van der Waals surface area contributed by atoms with Gasteiger partial charge in [-0.1, -0.05) is 51.8 Å². The van der Waals surface area contributed by atoms with Crippen LogP contribution in [0.4, 0.5) is 14.9 Å². The van der Waals surface area contributed by atoms with Crippen molar-refractivity contribution < 1.29 is 18.8 Å². The van der Waals surface area contributed by atoms with Crippen molar-refractivity contribution in [3.8, 4) is 0 Å². The first-order valence-electron chi connectivity index (χ1n) is 9.52. The van der Waals surface area contributed by atoms with E-state index in [9.17, 15) is 18.8 Å². The van der Waals surface area contributed by atoms with E-state index < -0.39 is 17.8 Å². The van der Waals surface area contributed by atoms with Gasteiger partial charge in [-0.15, -0.1) is 0 Å². The minimum Gasteiger partial charge on any atom is -0.273 e. The van der Waals surface area contributed by atoms with E-state index in [0.29, 0.717) is 22.7 Å². The van der Waals surface area contributed by atoms with Crippen molar-refractivity contribution in [3.05, 3.63) is 104 Å². The van der Waals surface area contributed by atoms with Crippen molar-refractivity contribution in [2.45, 2.75) is 6.42 Å². The van der Waals surface area contributed by atoms with Crippen LogP contribution < -0.4 is 10.2 Å². The van der Waals surface area contributed by atoms with Crippen LogP contribution in [0.1, 0.15) is 16.7 Å². The number of halogens is 3. The summed E-state index contributed by atoms with van der Waals surface area (Å²) in [5, 5.41) is 2.64. The summed E-state index contributed by atoms with van der Waals surface area (Å²) < 4.78 is 14.2. The maximum absolute atomic E-state index is 13.4. The Labute approximate surface area is 196 Å². The van der Waals surface area contributed by atoms with Crippen molar-refractivity contribution in [1.29, 1.82) is 0 Å². The Morgan fingerprint density at radius 3 is 2.44 bits per heavy atom. The highest BCUT2D eigenvalue weighted by molar-refractivity contribution is 9.10. The summed E-state index contributed by atoms with van der Waals surface area (Å²) in [5.74, 6) is -1.81. The molecule has 4 rings (SSSR count). The van der Waals surface area contributed by atoms with Crippen LogP contribution in [-0.4, -0.2) is 17.8 Å². The molecule has 1 aliphatic heterocycles. The number of nitrogens with one attached hydrogen (secondary N) is 1. The molecule has 1 aliphatic rings. The smallest absolute Gasteiger partial charge is 0.273 e. The molecular formula is C24H15BrClFN2O3. The molecule has 0 unspecified atom stereocenters. The summed E-state index contributed by atoms with van der Waals surface area (Å²) in [6, 6.07) is 17.0. The number of amides is 4. The third kappa shape index (κ3) is 4.64. The summed E-state index contributed by atoms with van der Waals surface area (Å²) in [5.41, 5.74) is 2.43. The van der Waals surface area contributed by atoms with Crippen LogP contribution >= 0.6 is 27.5 Å². The number of carbonyl (C=O) groups excluding carboxylic acids is 3. The third-order valence-corrected chi connectivity index (χ3v) is 5.85. The van der Waals surface area contributed by atoms with E-state index in [2.05, 4.69) is 21.2 Å². The van der Waals surface area contributed by atoms with Crippen LogP contribution in [0, 0.1) is 5.82 Å². The number of nitrogens with zero attached hydrogens (tertiary/aromatic N) is 1. The van der Waals surface area contributed by atoms with Crippen molar-refractivity contribution in [3.63, 3.8) is 0 Å². The highest BCUT2D eigenvalue weighted by atomic mass is 79.9. The Morgan fingerprint density at radius 1 is 1.00 bits per heavy atom. The highest BCUT2D eigenvalue weighted by Crippen LogP contribution is 2.26. The molecule has 1 N–H and O–H groups in total. The minimum absolute atomic E-state index is 0.177. The zero-order valence-corrected chi connectivity index (χ0v) is 18.8. The normalized spacial score (nSPS) is 15.3. The molecule has 8 heteroatoms. The first-order valence-corrected chi connectivity index (χ1v) is 10.7. The Kier molecular flexibility index (Phi) is 6.21. The van der Waals surface area contributed by atoms with Gasteiger partial charge in [0.15, 0.2) is 0 Å². The number of carbonyl (C=O) groups is 3. The second kappa shape index (κ2) is 9.06. The standard InChI is InChI=1S/C24H15BrClFN2O3/c25-21-13-15(4-5-16(21)10-14-2-1-3-18(27)11-14)12-20-22(30)28-24(32)29(23(20)31)19-8-6-17(26)7-9-19/h1-9,11-13H,10H2,(H,28,30,32)/b20-12+. The van der Waals surface area contributed by atoms with Crippen LogP contribution in [0.25, 0.3) is 6.08 Å². The predicted octanol–water partition coefficient (Wildman–Crippen LogP) is 5.50. The summed E-state index contributed by atoms with van der Waals surface area (Å²) in [4.78, 5) is 38.5. The molecule has 0 radical (unpaired) electrons. The number of barbiturate groups is 1. The number of urea groups is 1. The summed E-state index contributed by atoms with van der Waals surface area (Å²) in [7, 11) is 0. The van der Waals surface area contributed by atoms with Gasteiger partial charge >= 0.3 is 6.03 Å². The van der Waals surface area contributed by atoms with E-state index >= 15 is 0 Å². The number of imide groups is 2. The van der Waals surface area contributed by atoms with E-state index in [1.54, 1.807) is 30.3 Å². The van der Waals surface area contributed by atoms with Gasteiger partial charge in [0.05, 0.1) is 5.69 Å². The molecule has 1 heterocycles. The second-order valence-corrected chi connectivity index (χ2v) is 8.38. The lowest BCUT2D eigenvalue weighted by Crippen LogP contribution is -2.54. The van der Waals surface area contributed by atoms with Crippen molar-refractivity contribution in [1.82, 2.24) is 5.32 Å². The van der Waals surface area contributed by atoms with Gasteiger partial charge in [-0.25, -0.2) is 14.1 Å². The average molecular weight is 514 g/mol. The van der Waals surface area contributed by atoms with Crippen molar-refractivity contribution >= 4 is 57.1 Å². The number of rotatable bonds is 4. The zero-order chi connectivity index (χ0) is 22.8. The quantitative estimate of drug-likeness (QED) is 0.370. The molecule has 1 saturated heterocycles. The topological polar surface area (TPSA) is 66.5 Å². The fourth-order valence-electron chi connectivity index (χ4n) is 3.31. The van der Waals surface area contributed by atoms with Crippen LogP contribution in [0.2, 0.25) is 5.02 Å². The van der Waals surface area contributed by atoms with Gasteiger partial charge in [0.1, 0.15) is 11.4 Å². The third-order valence-electron chi connectivity index (χ3n) is 4.86. The second-order valence-electron chi connectivity index (χ2n) is 7.09. The number of hydrogen-bond acceptors (Lipinski definition) is 3.